The molecule has 2 rings (SSSR count). The number of aromatic amines is 1. The standard InChI is InChI=1S/C12H13N3O2/c1-7-4-3-5-9(6-7)17-10-8(2)14-12(13)15-11(10)16/h3-6H,1-2H3,(H3,13,14,15,16). The first-order valence-electron chi connectivity index (χ1n) is 5.17. The van der Waals surface area contributed by atoms with Crippen molar-refractivity contribution >= 4 is 5.95 Å². The Morgan fingerprint density at radius 2 is 2.12 bits per heavy atom. The Morgan fingerprint density at radius 3 is 2.76 bits per heavy atom. The van der Waals surface area contributed by atoms with Gasteiger partial charge in [-0.15, -0.1) is 0 Å². The molecule has 17 heavy (non-hydrogen) atoms. The lowest BCUT2D eigenvalue weighted by Crippen LogP contribution is -2.14. The summed E-state index contributed by atoms with van der Waals surface area (Å²) in [5.41, 5.74) is 6.57. The number of rotatable bonds is 2. The van der Waals surface area contributed by atoms with E-state index in [9.17, 15) is 4.79 Å². The molecule has 0 fully saturated rings. The number of aryl methyl sites for hydroxylation is 2. The van der Waals surface area contributed by atoms with Gasteiger partial charge in [0, 0.05) is 0 Å². The highest BCUT2D eigenvalue weighted by atomic mass is 16.5. The van der Waals surface area contributed by atoms with Crippen LogP contribution in [0.3, 0.4) is 0 Å². The molecule has 0 saturated heterocycles. The van der Waals surface area contributed by atoms with Crippen LogP contribution < -0.4 is 16.0 Å². The molecule has 0 aliphatic heterocycles. The van der Waals surface area contributed by atoms with Crippen LogP contribution in [0.15, 0.2) is 29.1 Å². The zero-order valence-corrected chi connectivity index (χ0v) is 9.65. The van der Waals surface area contributed by atoms with Crippen LogP contribution in [0.1, 0.15) is 11.3 Å². The summed E-state index contributed by atoms with van der Waals surface area (Å²) in [4.78, 5) is 18.0. The van der Waals surface area contributed by atoms with Gasteiger partial charge in [-0.1, -0.05) is 12.1 Å². The summed E-state index contributed by atoms with van der Waals surface area (Å²) < 4.78 is 5.51. The van der Waals surface area contributed by atoms with Crippen molar-refractivity contribution in [1.29, 1.82) is 0 Å². The maximum absolute atomic E-state index is 11.6. The first kappa shape index (κ1) is 11.2. The number of aromatic nitrogens is 2. The molecule has 1 aromatic carbocycles. The molecular formula is C12H13N3O2. The second kappa shape index (κ2) is 4.29. The first-order valence-corrected chi connectivity index (χ1v) is 5.17. The largest absolute Gasteiger partial charge is 0.450 e. The number of anilines is 1. The molecule has 1 aromatic heterocycles. The third-order valence-corrected chi connectivity index (χ3v) is 2.27. The summed E-state index contributed by atoms with van der Waals surface area (Å²) in [6.07, 6.45) is 0. The Morgan fingerprint density at radius 1 is 1.35 bits per heavy atom. The van der Waals surface area contributed by atoms with Crippen molar-refractivity contribution in [2.24, 2.45) is 0 Å². The van der Waals surface area contributed by atoms with Crippen LogP contribution in [-0.2, 0) is 0 Å². The summed E-state index contributed by atoms with van der Waals surface area (Å²) >= 11 is 0. The molecule has 0 unspecified atom stereocenters. The molecule has 3 N–H and O–H groups in total. The van der Waals surface area contributed by atoms with Gasteiger partial charge in [-0.3, -0.25) is 9.78 Å². The van der Waals surface area contributed by atoms with Crippen LogP contribution in [0.2, 0.25) is 0 Å². The minimum atomic E-state index is -0.378. The molecule has 0 amide bonds. The maximum Gasteiger partial charge on any atom is 0.295 e. The summed E-state index contributed by atoms with van der Waals surface area (Å²) in [6, 6.07) is 7.43. The number of H-pyrrole nitrogens is 1. The molecule has 0 atom stereocenters. The monoisotopic (exact) mass is 231 g/mol. The van der Waals surface area contributed by atoms with Gasteiger partial charge < -0.3 is 10.5 Å². The average molecular weight is 231 g/mol. The minimum Gasteiger partial charge on any atom is -0.450 e. The van der Waals surface area contributed by atoms with Crippen LogP contribution in [0.5, 0.6) is 11.5 Å². The maximum atomic E-state index is 11.6. The highest BCUT2D eigenvalue weighted by Gasteiger charge is 2.09. The van der Waals surface area contributed by atoms with E-state index in [2.05, 4.69) is 9.97 Å². The fraction of sp³-hybridized carbons (Fsp3) is 0.167. The second-order valence-corrected chi connectivity index (χ2v) is 3.78. The molecule has 0 aliphatic rings. The zero-order chi connectivity index (χ0) is 12.4. The first-order chi connectivity index (χ1) is 8.06. The van der Waals surface area contributed by atoms with E-state index < -0.39 is 0 Å². The number of hydrogen-bond acceptors (Lipinski definition) is 4. The second-order valence-electron chi connectivity index (χ2n) is 3.78. The lowest BCUT2D eigenvalue weighted by Gasteiger charge is -2.07. The van der Waals surface area contributed by atoms with Gasteiger partial charge in [-0.2, -0.15) is 0 Å². The smallest absolute Gasteiger partial charge is 0.295 e. The van der Waals surface area contributed by atoms with Crippen LogP contribution in [0.4, 0.5) is 5.95 Å². The number of nitrogen functional groups attached to an aromatic ring is 1. The minimum absolute atomic E-state index is 0.0871. The van der Waals surface area contributed by atoms with Crippen LogP contribution in [0, 0.1) is 13.8 Å². The number of nitrogens with two attached hydrogens (primary N) is 1. The highest BCUT2D eigenvalue weighted by molar-refractivity contribution is 5.36. The van der Waals surface area contributed by atoms with Gasteiger partial charge in [0.15, 0.2) is 0 Å². The van der Waals surface area contributed by atoms with Crippen LogP contribution >= 0.6 is 0 Å². The number of ether oxygens (including phenoxy) is 1. The Balaban J connectivity index is 2.40. The summed E-state index contributed by atoms with van der Waals surface area (Å²) in [5, 5.41) is 0. The molecule has 1 heterocycles. The molecular weight excluding hydrogens is 218 g/mol. The third-order valence-electron chi connectivity index (χ3n) is 2.27. The van der Waals surface area contributed by atoms with Crippen molar-refractivity contribution in [2.75, 3.05) is 5.73 Å². The molecule has 0 aliphatic carbocycles. The lowest BCUT2D eigenvalue weighted by atomic mass is 10.2. The number of hydrogen-bond donors (Lipinski definition) is 2. The van der Waals surface area contributed by atoms with Crippen molar-refractivity contribution in [2.45, 2.75) is 13.8 Å². The van der Waals surface area contributed by atoms with Crippen LogP contribution in [-0.4, -0.2) is 9.97 Å². The molecule has 2 aromatic rings. The van der Waals surface area contributed by atoms with E-state index in [0.29, 0.717) is 11.4 Å². The Kier molecular flexibility index (Phi) is 2.82. The van der Waals surface area contributed by atoms with Gasteiger partial charge >= 0.3 is 0 Å². The Labute approximate surface area is 98.3 Å². The van der Waals surface area contributed by atoms with E-state index in [1.165, 1.54) is 0 Å². The van der Waals surface area contributed by atoms with Crippen LogP contribution in [0.25, 0.3) is 0 Å². The predicted octanol–water partition coefficient (Wildman–Crippen LogP) is 1.76. The van der Waals surface area contributed by atoms with E-state index in [-0.39, 0.29) is 17.3 Å². The number of benzene rings is 1. The molecule has 0 spiro atoms. The average Bonchev–Trinajstić information content (AvgIpc) is 2.23. The van der Waals surface area contributed by atoms with E-state index >= 15 is 0 Å². The molecule has 0 radical (unpaired) electrons. The lowest BCUT2D eigenvalue weighted by molar-refractivity contribution is 0.467. The molecule has 5 nitrogen and oxygen atoms in total. The van der Waals surface area contributed by atoms with Crippen molar-refractivity contribution in [3.8, 4) is 11.5 Å². The predicted molar refractivity (Wildman–Crippen MR) is 65.3 cm³/mol. The molecule has 5 heteroatoms. The quantitative estimate of drug-likeness (QED) is 0.825. The molecule has 88 valence electrons. The topological polar surface area (TPSA) is 81.0 Å². The van der Waals surface area contributed by atoms with Gasteiger partial charge in [0.25, 0.3) is 5.56 Å². The Hall–Kier alpha value is -2.30. The number of nitrogens with one attached hydrogen (secondary N) is 1. The SMILES string of the molecule is Cc1cccc(Oc2c(C)nc(N)[nH]c2=O)c1. The molecule has 0 bridgehead atoms. The molecule has 0 saturated carbocycles. The Bertz CT molecular complexity index is 605. The number of nitrogens with zero attached hydrogens (tertiary/aromatic N) is 1. The van der Waals surface area contributed by atoms with Gasteiger partial charge in [0.05, 0.1) is 5.69 Å². The van der Waals surface area contributed by atoms with E-state index in [1.807, 2.05) is 25.1 Å². The van der Waals surface area contributed by atoms with Crippen molar-refractivity contribution in [3.05, 3.63) is 45.9 Å². The fourth-order valence-electron chi connectivity index (χ4n) is 1.51. The third kappa shape index (κ3) is 2.44. The van der Waals surface area contributed by atoms with E-state index in [4.69, 9.17) is 10.5 Å². The van der Waals surface area contributed by atoms with Crippen molar-refractivity contribution < 1.29 is 4.74 Å². The highest BCUT2D eigenvalue weighted by Crippen LogP contribution is 2.21. The zero-order valence-electron chi connectivity index (χ0n) is 9.65. The van der Waals surface area contributed by atoms with Gasteiger partial charge in [-0.25, -0.2) is 4.98 Å². The summed E-state index contributed by atoms with van der Waals surface area (Å²) in [5.74, 6) is 0.860. The fourth-order valence-corrected chi connectivity index (χ4v) is 1.51. The van der Waals surface area contributed by atoms with E-state index in [1.54, 1.807) is 13.0 Å². The van der Waals surface area contributed by atoms with Gasteiger partial charge in [0.1, 0.15) is 5.75 Å². The van der Waals surface area contributed by atoms with Crippen molar-refractivity contribution in [1.82, 2.24) is 9.97 Å². The van der Waals surface area contributed by atoms with Gasteiger partial charge in [0.2, 0.25) is 11.7 Å². The van der Waals surface area contributed by atoms with Crippen molar-refractivity contribution in [3.63, 3.8) is 0 Å². The summed E-state index contributed by atoms with van der Waals surface area (Å²) in [6.45, 7) is 3.63. The van der Waals surface area contributed by atoms with Gasteiger partial charge in [-0.05, 0) is 31.5 Å². The normalized spacial score (nSPS) is 10.2. The summed E-state index contributed by atoms with van der Waals surface area (Å²) in [7, 11) is 0. The van der Waals surface area contributed by atoms with E-state index in [0.717, 1.165) is 5.56 Å².